The van der Waals surface area contributed by atoms with Gasteiger partial charge in [-0.15, -0.1) is 0 Å². The van der Waals surface area contributed by atoms with Crippen molar-refractivity contribution >= 4 is 28.9 Å². The number of rotatable bonds is 6. The summed E-state index contributed by atoms with van der Waals surface area (Å²) in [7, 11) is 0. The third-order valence-electron chi connectivity index (χ3n) is 3.16. The van der Waals surface area contributed by atoms with Crippen molar-refractivity contribution in [3.63, 3.8) is 0 Å². The lowest BCUT2D eigenvalue weighted by atomic mass is 10.2. The largest absolute Gasteiger partial charge is 0.384 e. The van der Waals surface area contributed by atoms with Crippen LogP contribution < -0.4 is 16.0 Å². The highest BCUT2D eigenvalue weighted by Crippen LogP contribution is 2.15. The molecule has 2 rings (SSSR count). The fourth-order valence-electron chi connectivity index (χ4n) is 2.08. The Morgan fingerprint density at radius 3 is 2.38 bits per heavy atom. The van der Waals surface area contributed by atoms with E-state index in [2.05, 4.69) is 16.0 Å². The first-order chi connectivity index (χ1) is 11.6. The second-order valence-corrected chi connectivity index (χ2v) is 5.18. The molecule has 122 valence electrons. The van der Waals surface area contributed by atoms with Crippen molar-refractivity contribution in [2.75, 3.05) is 22.5 Å². The van der Waals surface area contributed by atoms with Crippen LogP contribution in [0.2, 0.25) is 0 Å². The Bertz CT molecular complexity index is 763. The third kappa shape index (κ3) is 5.46. The van der Waals surface area contributed by atoms with Crippen molar-refractivity contribution in [2.45, 2.75) is 13.3 Å². The molecule has 24 heavy (non-hydrogen) atoms. The molecule has 3 N–H and O–H groups in total. The quantitative estimate of drug-likeness (QED) is 0.762. The van der Waals surface area contributed by atoms with E-state index >= 15 is 0 Å². The minimum Gasteiger partial charge on any atom is -0.384 e. The number of nitrogens with zero attached hydrogens (tertiary/aromatic N) is 1. The molecule has 0 radical (unpaired) electrons. The highest BCUT2D eigenvalue weighted by Gasteiger charge is 2.03. The summed E-state index contributed by atoms with van der Waals surface area (Å²) in [6.45, 7) is 1.92. The van der Waals surface area contributed by atoms with Crippen LogP contribution in [0, 0.1) is 11.3 Å². The van der Waals surface area contributed by atoms with E-state index in [1.165, 1.54) is 6.92 Å². The van der Waals surface area contributed by atoms with Crippen molar-refractivity contribution in [2.24, 2.45) is 0 Å². The fraction of sp³-hybridized carbons (Fsp3) is 0.167. The summed E-state index contributed by atoms with van der Waals surface area (Å²) in [5, 5.41) is 17.3. The number of nitrogens with one attached hydrogen (secondary N) is 3. The lowest BCUT2D eigenvalue weighted by Crippen LogP contribution is -2.16. The molecule has 6 heteroatoms. The van der Waals surface area contributed by atoms with Gasteiger partial charge in [-0.05, 0) is 42.5 Å². The lowest BCUT2D eigenvalue weighted by Gasteiger charge is -2.09. The second-order valence-electron chi connectivity index (χ2n) is 5.18. The van der Waals surface area contributed by atoms with Crippen molar-refractivity contribution in [1.29, 1.82) is 5.26 Å². The first-order valence-corrected chi connectivity index (χ1v) is 7.48. The van der Waals surface area contributed by atoms with Crippen LogP contribution in [-0.4, -0.2) is 18.4 Å². The predicted molar refractivity (Wildman–Crippen MR) is 93.6 cm³/mol. The molecule has 0 heterocycles. The Labute approximate surface area is 140 Å². The van der Waals surface area contributed by atoms with Crippen LogP contribution in [0.5, 0.6) is 0 Å². The maximum Gasteiger partial charge on any atom is 0.226 e. The molecule has 0 aliphatic carbocycles. The second kappa shape index (κ2) is 8.34. The molecule has 0 fully saturated rings. The van der Waals surface area contributed by atoms with Crippen LogP contribution in [0.25, 0.3) is 0 Å². The van der Waals surface area contributed by atoms with Crippen LogP contribution in [0.4, 0.5) is 17.1 Å². The Hall–Kier alpha value is -3.33. The average Bonchev–Trinajstić information content (AvgIpc) is 2.55. The molecule has 6 nitrogen and oxygen atoms in total. The Balaban J connectivity index is 1.79. The van der Waals surface area contributed by atoms with E-state index < -0.39 is 0 Å². The van der Waals surface area contributed by atoms with Gasteiger partial charge in [0.25, 0.3) is 0 Å². The maximum atomic E-state index is 11.9. The minimum absolute atomic E-state index is 0.120. The van der Waals surface area contributed by atoms with E-state index in [1.807, 2.05) is 18.2 Å². The fourth-order valence-corrected chi connectivity index (χ4v) is 2.08. The molecule has 2 aromatic carbocycles. The van der Waals surface area contributed by atoms with E-state index in [0.717, 1.165) is 5.69 Å². The van der Waals surface area contributed by atoms with Gasteiger partial charge in [0.15, 0.2) is 0 Å². The first kappa shape index (κ1) is 17.0. The number of amides is 2. The van der Waals surface area contributed by atoms with Gasteiger partial charge in [-0.2, -0.15) is 5.26 Å². The summed E-state index contributed by atoms with van der Waals surface area (Å²) < 4.78 is 0. The van der Waals surface area contributed by atoms with E-state index in [1.54, 1.807) is 36.4 Å². The third-order valence-corrected chi connectivity index (χ3v) is 3.16. The molecule has 0 atom stereocenters. The Kier molecular flexibility index (Phi) is 5.92. The summed E-state index contributed by atoms with van der Waals surface area (Å²) >= 11 is 0. The van der Waals surface area contributed by atoms with Crippen LogP contribution in [0.1, 0.15) is 18.9 Å². The summed E-state index contributed by atoms with van der Waals surface area (Å²) in [5.74, 6) is -0.251. The molecule has 0 spiro atoms. The van der Waals surface area contributed by atoms with Crippen LogP contribution in [0.15, 0.2) is 48.5 Å². The van der Waals surface area contributed by atoms with Gasteiger partial charge in [0.2, 0.25) is 11.8 Å². The molecule has 0 aromatic heterocycles. The molecular weight excluding hydrogens is 304 g/mol. The van der Waals surface area contributed by atoms with Crippen molar-refractivity contribution in [1.82, 2.24) is 0 Å². The summed E-state index contributed by atoms with van der Waals surface area (Å²) in [5.41, 5.74) is 2.74. The van der Waals surface area contributed by atoms with Crippen LogP contribution >= 0.6 is 0 Å². The molecule has 0 aliphatic heterocycles. The minimum atomic E-state index is -0.131. The summed E-state index contributed by atoms with van der Waals surface area (Å²) in [6, 6.07) is 16.0. The maximum absolute atomic E-state index is 11.9. The molecule has 2 amide bonds. The predicted octanol–water partition coefficient (Wildman–Crippen LogP) is 2.96. The van der Waals surface area contributed by atoms with E-state index in [0.29, 0.717) is 29.9 Å². The molecule has 0 saturated heterocycles. The zero-order chi connectivity index (χ0) is 17.4. The molecule has 0 aliphatic rings. The molecule has 2 aromatic rings. The van der Waals surface area contributed by atoms with E-state index in [-0.39, 0.29) is 11.8 Å². The van der Waals surface area contributed by atoms with Crippen LogP contribution in [0.3, 0.4) is 0 Å². The zero-order valence-electron chi connectivity index (χ0n) is 13.3. The Morgan fingerprint density at radius 2 is 1.71 bits per heavy atom. The smallest absolute Gasteiger partial charge is 0.226 e. The number of nitriles is 1. The van der Waals surface area contributed by atoms with Gasteiger partial charge in [-0.1, -0.05) is 6.07 Å². The number of carbonyl (C=O) groups is 2. The van der Waals surface area contributed by atoms with Gasteiger partial charge in [0.1, 0.15) is 0 Å². The van der Waals surface area contributed by atoms with Gasteiger partial charge in [-0.3, -0.25) is 9.59 Å². The van der Waals surface area contributed by atoms with Gasteiger partial charge >= 0.3 is 0 Å². The topological polar surface area (TPSA) is 94.0 Å². The normalized spacial score (nSPS) is 9.67. The highest BCUT2D eigenvalue weighted by atomic mass is 16.2. The van der Waals surface area contributed by atoms with Crippen LogP contribution in [-0.2, 0) is 9.59 Å². The van der Waals surface area contributed by atoms with Gasteiger partial charge in [0, 0.05) is 37.0 Å². The molecule has 0 unspecified atom stereocenters. The molecule has 0 bridgehead atoms. The first-order valence-electron chi connectivity index (χ1n) is 7.48. The molecule has 0 saturated carbocycles. The lowest BCUT2D eigenvalue weighted by molar-refractivity contribution is -0.116. The summed E-state index contributed by atoms with van der Waals surface area (Å²) in [4.78, 5) is 22.9. The van der Waals surface area contributed by atoms with Gasteiger partial charge in [0.05, 0.1) is 11.6 Å². The standard InChI is InChI=1S/C18H18N4O2/c1-13(23)21-17-4-2-3-16(11-17)20-10-9-18(24)22-15-7-5-14(12-19)6-8-15/h2-8,11,20H,9-10H2,1H3,(H,21,23)(H,22,24). The SMILES string of the molecule is CC(=O)Nc1cccc(NCCC(=O)Nc2ccc(C#N)cc2)c1. The number of hydrogen-bond donors (Lipinski definition) is 3. The van der Waals surface area contributed by atoms with Crippen molar-refractivity contribution in [3.05, 3.63) is 54.1 Å². The number of benzene rings is 2. The van der Waals surface area contributed by atoms with Crippen molar-refractivity contribution < 1.29 is 9.59 Å². The molecular formula is C18H18N4O2. The van der Waals surface area contributed by atoms with Gasteiger partial charge in [-0.25, -0.2) is 0 Å². The number of hydrogen-bond acceptors (Lipinski definition) is 4. The van der Waals surface area contributed by atoms with Crippen molar-refractivity contribution in [3.8, 4) is 6.07 Å². The highest BCUT2D eigenvalue weighted by molar-refractivity contribution is 5.91. The zero-order valence-corrected chi connectivity index (χ0v) is 13.3. The summed E-state index contributed by atoms with van der Waals surface area (Å²) in [6.07, 6.45) is 0.296. The van der Waals surface area contributed by atoms with E-state index in [9.17, 15) is 9.59 Å². The monoisotopic (exact) mass is 322 g/mol. The average molecular weight is 322 g/mol. The Morgan fingerprint density at radius 1 is 1.00 bits per heavy atom. The van der Waals surface area contributed by atoms with E-state index in [4.69, 9.17) is 5.26 Å². The number of carbonyl (C=O) groups excluding carboxylic acids is 2. The van der Waals surface area contributed by atoms with Gasteiger partial charge < -0.3 is 16.0 Å². The number of anilines is 3.